The average Bonchev–Trinajstić information content (AvgIpc) is 3.47. The zero-order valence-electron chi connectivity index (χ0n) is 18.8. The maximum absolute atomic E-state index is 13.1. The first kappa shape index (κ1) is 21.8. The van der Waals surface area contributed by atoms with E-state index in [1.807, 2.05) is 24.3 Å². The Hall–Kier alpha value is -3.41. The molecule has 0 unspecified atom stereocenters. The molecular weight excluding hydrogens is 400 g/mol. The minimum atomic E-state index is -0.640. The van der Waals surface area contributed by atoms with Gasteiger partial charge in [-0.25, -0.2) is 0 Å². The summed E-state index contributed by atoms with van der Waals surface area (Å²) >= 11 is 0. The molecule has 2 amide bonds. The van der Waals surface area contributed by atoms with Gasteiger partial charge in [0, 0.05) is 32.9 Å². The van der Waals surface area contributed by atoms with Crippen LogP contribution in [0, 0.1) is 5.41 Å². The predicted molar refractivity (Wildman–Crippen MR) is 125 cm³/mol. The van der Waals surface area contributed by atoms with E-state index in [0.29, 0.717) is 31.5 Å². The maximum atomic E-state index is 13.1. The van der Waals surface area contributed by atoms with Crippen LogP contribution in [0.15, 0.2) is 67.0 Å². The van der Waals surface area contributed by atoms with Crippen LogP contribution in [0.3, 0.4) is 0 Å². The lowest BCUT2D eigenvalue weighted by molar-refractivity contribution is -0.129. The predicted octanol–water partition coefficient (Wildman–Crippen LogP) is 3.78. The number of hydrogen-bond acceptors (Lipinski definition) is 3. The quantitative estimate of drug-likeness (QED) is 0.620. The number of aryl methyl sites for hydroxylation is 1. The van der Waals surface area contributed by atoms with E-state index in [9.17, 15) is 9.59 Å². The van der Waals surface area contributed by atoms with Crippen molar-refractivity contribution in [3.63, 3.8) is 0 Å². The van der Waals surface area contributed by atoms with Crippen LogP contribution in [0.5, 0.6) is 0 Å². The molecule has 3 aromatic rings. The molecule has 166 valence electrons. The summed E-state index contributed by atoms with van der Waals surface area (Å²) in [6.07, 6.45) is 5.61. The summed E-state index contributed by atoms with van der Waals surface area (Å²) in [5.41, 5.74) is 3.32. The van der Waals surface area contributed by atoms with Crippen molar-refractivity contribution in [3.05, 3.63) is 78.1 Å². The summed E-state index contributed by atoms with van der Waals surface area (Å²) in [6.45, 7) is 3.82. The highest BCUT2D eigenvalue weighted by Crippen LogP contribution is 2.36. The van der Waals surface area contributed by atoms with E-state index >= 15 is 0 Å². The normalized spacial score (nSPS) is 18.0. The van der Waals surface area contributed by atoms with E-state index in [1.165, 1.54) is 0 Å². The van der Waals surface area contributed by atoms with Crippen molar-refractivity contribution in [3.8, 4) is 11.1 Å². The fourth-order valence-electron chi connectivity index (χ4n) is 4.61. The van der Waals surface area contributed by atoms with Gasteiger partial charge in [-0.15, -0.1) is 0 Å². The number of benzene rings is 2. The van der Waals surface area contributed by atoms with Gasteiger partial charge >= 0.3 is 0 Å². The SMILES string of the molecule is CCCn1cc(C(=O)N2CC[C@](Cc3cccc(-c4ccccc4)c3)(C(=O)NC)C2)cn1. The molecule has 32 heavy (non-hydrogen) atoms. The molecule has 1 N–H and O–H groups in total. The first-order valence-electron chi connectivity index (χ1n) is 11.2. The van der Waals surface area contributed by atoms with Gasteiger partial charge in [0.2, 0.25) is 5.91 Å². The van der Waals surface area contributed by atoms with Crippen molar-refractivity contribution >= 4 is 11.8 Å². The van der Waals surface area contributed by atoms with Crippen LogP contribution in [-0.2, 0) is 17.8 Å². The number of rotatable bonds is 7. The molecule has 1 fully saturated rings. The number of likely N-dealkylation sites (tertiary alicyclic amines) is 1. The Morgan fingerprint density at radius 3 is 2.62 bits per heavy atom. The highest BCUT2D eigenvalue weighted by Gasteiger charge is 2.45. The zero-order valence-corrected chi connectivity index (χ0v) is 18.8. The Morgan fingerprint density at radius 2 is 1.88 bits per heavy atom. The topological polar surface area (TPSA) is 67.2 Å². The molecular formula is C26H30N4O2. The van der Waals surface area contributed by atoms with Gasteiger partial charge in [-0.05, 0) is 36.0 Å². The van der Waals surface area contributed by atoms with Crippen LogP contribution < -0.4 is 5.32 Å². The molecule has 6 heteroatoms. The van der Waals surface area contributed by atoms with Crippen molar-refractivity contribution < 1.29 is 9.59 Å². The lowest BCUT2D eigenvalue weighted by atomic mass is 9.79. The second-order valence-corrected chi connectivity index (χ2v) is 8.57. The number of nitrogens with one attached hydrogen (secondary N) is 1. The Bertz CT molecular complexity index is 1090. The molecule has 0 saturated carbocycles. The molecule has 0 bridgehead atoms. The first-order valence-corrected chi connectivity index (χ1v) is 11.2. The maximum Gasteiger partial charge on any atom is 0.257 e. The first-order chi connectivity index (χ1) is 15.5. The third-order valence-electron chi connectivity index (χ3n) is 6.26. The Balaban J connectivity index is 1.55. The van der Waals surface area contributed by atoms with E-state index in [1.54, 1.807) is 29.0 Å². The van der Waals surface area contributed by atoms with Crippen LogP contribution >= 0.6 is 0 Å². The third kappa shape index (κ3) is 4.44. The van der Waals surface area contributed by atoms with Gasteiger partial charge in [-0.3, -0.25) is 14.3 Å². The van der Waals surface area contributed by atoms with Crippen LogP contribution in [-0.4, -0.2) is 46.6 Å². The van der Waals surface area contributed by atoms with Gasteiger partial charge in [0.1, 0.15) is 0 Å². The minimum absolute atomic E-state index is 0.0143. The summed E-state index contributed by atoms with van der Waals surface area (Å²) in [7, 11) is 1.67. The summed E-state index contributed by atoms with van der Waals surface area (Å²) in [5, 5.41) is 7.12. The monoisotopic (exact) mass is 430 g/mol. The van der Waals surface area contributed by atoms with E-state index in [2.05, 4.69) is 47.7 Å². The zero-order chi connectivity index (χ0) is 22.6. The lowest BCUT2D eigenvalue weighted by Gasteiger charge is -2.28. The van der Waals surface area contributed by atoms with E-state index in [-0.39, 0.29) is 11.8 Å². The van der Waals surface area contributed by atoms with Crippen LogP contribution in [0.25, 0.3) is 11.1 Å². The van der Waals surface area contributed by atoms with Gasteiger partial charge in [-0.2, -0.15) is 5.10 Å². The second kappa shape index (κ2) is 9.39. The second-order valence-electron chi connectivity index (χ2n) is 8.57. The number of hydrogen-bond donors (Lipinski definition) is 1. The Kier molecular flexibility index (Phi) is 6.40. The molecule has 2 heterocycles. The summed E-state index contributed by atoms with van der Waals surface area (Å²) in [5.74, 6) is -0.0734. The molecule has 4 rings (SSSR count). The van der Waals surface area contributed by atoms with Gasteiger partial charge < -0.3 is 10.2 Å². The average molecular weight is 431 g/mol. The molecule has 1 aliphatic rings. The molecule has 1 aromatic heterocycles. The van der Waals surface area contributed by atoms with E-state index in [4.69, 9.17) is 0 Å². The van der Waals surface area contributed by atoms with E-state index in [0.717, 1.165) is 29.7 Å². The van der Waals surface area contributed by atoms with Crippen LogP contribution in [0.4, 0.5) is 0 Å². The number of aromatic nitrogens is 2. The van der Waals surface area contributed by atoms with Crippen LogP contribution in [0.1, 0.15) is 35.7 Å². The summed E-state index contributed by atoms with van der Waals surface area (Å²) in [4.78, 5) is 27.9. The fourth-order valence-corrected chi connectivity index (χ4v) is 4.61. The smallest absolute Gasteiger partial charge is 0.257 e. The van der Waals surface area contributed by atoms with Gasteiger partial charge in [0.25, 0.3) is 5.91 Å². The highest BCUT2D eigenvalue weighted by molar-refractivity contribution is 5.95. The van der Waals surface area contributed by atoms with Crippen molar-refractivity contribution in [2.75, 3.05) is 20.1 Å². The largest absolute Gasteiger partial charge is 0.359 e. The number of nitrogens with zero attached hydrogens (tertiary/aromatic N) is 3. The fraction of sp³-hybridized carbons (Fsp3) is 0.346. The molecule has 6 nitrogen and oxygen atoms in total. The Labute approximate surface area is 189 Å². The Morgan fingerprint density at radius 1 is 1.09 bits per heavy atom. The summed E-state index contributed by atoms with van der Waals surface area (Å²) < 4.78 is 1.80. The number of carbonyl (C=O) groups is 2. The minimum Gasteiger partial charge on any atom is -0.359 e. The van der Waals surface area contributed by atoms with Gasteiger partial charge in [0.15, 0.2) is 0 Å². The standard InChI is InChI=1S/C26H30N4O2/c1-3-13-30-18-23(17-28-30)24(31)29-14-12-26(19-29,25(32)27-2)16-20-8-7-11-22(15-20)21-9-5-4-6-10-21/h4-11,15,17-18H,3,12-14,16,19H2,1-2H3,(H,27,32)/t26-/m1/s1. The van der Waals surface area contributed by atoms with E-state index < -0.39 is 5.41 Å². The van der Waals surface area contributed by atoms with Crippen molar-refractivity contribution in [1.82, 2.24) is 20.0 Å². The molecule has 1 saturated heterocycles. The highest BCUT2D eigenvalue weighted by atomic mass is 16.2. The third-order valence-corrected chi connectivity index (χ3v) is 6.26. The van der Waals surface area contributed by atoms with Gasteiger partial charge in [0.05, 0.1) is 17.2 Å². The van der Waals surface area contributed by atoms with Crippen molar-refractivity contribution in [2.24, 2.45) is 5.41 Å². The number of carbonyl (C=O) groups excluding carboxylic acids is 2. The summed E-state index contributed by atoms with van der Waals surface area (Å²) in [6, 6.07) is 18.6. The van der Waals surface area contributed by atoms with Crippen LogP contribution in [0.2, 0.25) is 0 Å². The molecule has 2 aromatic carbocycles. The van der Waals surface area contributed by atoms with Crippen molar-refractivity contribution in [2.45, 2.75) is 32.7 Å². The molecule has 1 atom stereocenters. The molecule has 0 aliphatic carbocycles. The number of amides is 2. The molecule has 1 aliphatic heterocycles. The van der Waals surface area contributed by atoms with Crippen molar-refractivity contribution in [1.29, 1.82) is 0 Å². The lowest BCUT2D eigenvalue weighted by Crippen LogP contribution is -2.44. The molecule has 0 radical (unpaired) electrons. The molecule has 0 spiro atoms. The van der Waals surface area contributed by atoms with Gasteiger partial charge in [-0.1, -0.05) is 61.5 Å².